The van der Waals surface area contributed by atoms with Crippen LogP contribution in [0, 0.1) is 0 Å². The number of nitrogens with zero attached hydrogens (tertiary/aromatic N) is 2. The maximum Gasteiger partial charge on any atom is 0.126 e. The number of rotatable bonds is 9. The summed E-state index contributed by atoms with van der Waals surface area (Å²) in [6.07, 6.45) is 4.51. The first-order chi connectivity index (χ1) is 9.17. The molecule has 0 radical (unpaired) electrons. The standard InChI is InChI=1S/C15H27N3S/c1-5-10-16-15-8-6-7-14(17-15)12-18(3)13(2)9-11-19-4/h6-8,13H,5,9-12H2,1-4H3,(H,16,17). The molecule has 0 spiro atoms. The number of nitrogens with one attached hydrogen (secondary N) is 1. The van der Waals surface area contributed by atoms with Gasteiger partial charge < -0.3 is 5.32 Å². The maximum absolute atomic E-state index is 4.65. The minimum atomic E-state index is 0.599. The molecule has 1 aromatic rings. The molecule has 0 saturated carbocycles. The highest BCUT2D eigenvalue weighted by atomic mass is 32.2. The molecule has 0 aliphatic heterocycles. The van der Waals surface area contributed by atoms with E-state index < -0.39 is 0 Å². The van der Waals surface area contributed by atoms with Crippen molar-refractivity contribution in [2.24, 2.45) is 0 Å². The third-order valence-electron chi connectivity index (χ3n) is 3.27. The lowest BCUT2D eigenvalue weighted by atomic mass is 10.2. The predicted molar refractivity (Wildman–Crippen MR) is 86.9 cm³/mol. The largest absolute Gasteiger partial charge is 0.370 e. The Morgan fingerprint density at radius 2 is 2.21 bits per heavy atom. The normalized spacial score (nSPS) is 12.7. The smallest absolute Gasteiger partial charge is 0.126 e. The van der Waals surface area contributed by atoms with Crippen LogP contribution in [0.1, 0.15) is 32.4 Å². The maximum atomic E-state index is 4.65. The van der Waals surface area contributed by atoms with Crippen molar-refractivity contribution in [3.05, 3.63) is 23.9 Å². The Morgan fingerprint density at radius 3 is 2.89 bits per heavy atom. The lowest BCUT2D eigenvalue weighted by Gasteiger charge is -2.24. The molecule has 0 aliphatic carbocycles. The van der Waals surface area contributed by atoms with Crippen molar-refractivity contribution in [2.45, 2.75) is 39.3 Å². The molecular formula is C15H27N3S. The fraction of sp³-hybridized carbons (Fsp3) is 0.667. The van der Waals surface area contributed by atoms with Crippen LogP contribution in [-0.2, 0) is 6.54 Å². The molecule has 0 saturated heterocycles. The van der Waals surface area contributed by atoms with Crippen LogP contribution in [0.2, 0.25) is 0 Å². The van der Waals surface area contributed by atoms with Gasteiger partial charge in [-0.3, -0.25) is 4.90 Å². The van der Waals surface area contributed by atoms with E-state index in [4.69, 9.17) is 0 Å². The highest BCUT2D eigenvalue weighted by Crippen LogP contribution is 2.11. The number of anilines is 1. The molecule has 1 N–H and O–H groups in total. The van der Waals surface area contributed by atoms with Crippen molar-refractivity contribution >= 4 is 17.6 Å². The minimum Gasteiger partial charge on any atom is -0.370 e. The minimum absolute atomic E-state index is 0.599. The van der Waals surface area contributed by atoms with Gasteiger partial charge in [0.1, 0.15) is 5.82 Å². The fourth-order valence-electron chi connectivity index (χ4n) is 1.84. The Balaban J connectivity index is 2.51. The highest BCUT2D eigenvalue weighted by molar-refractivity contribution is 7.98. The molecule has 1 rings (SSSR count). The molecule has 3 nitrogen and oxygen atoms in total. The van der Waals surface area contributed by atoms with E-state index in [1.807, 2.05) is 17.8 Å². The second kappa shape index (κ2) is 9.21. The molecule has 108 valence electrons. The summed E-state index contributed by atoms with van der Waals surface area (Å²) in [6.45, 7) is 6.35. The van der Waals surface area contributed by atoms with Crippen molar-refractivity contribution < 1.29 is 0 Å². The summed E-state index contributed by atoms with van der Waals surface area (Å²) in [7, 11) is 2.18. The molecule has 0 bridgehead atoms. The van der Waals surface area contributed by atoms with E-state index >= 15 is 0 Å². The first kappa shape index (κ1) is 16.3. The Bertz CT molecular complexity index is 357. The molecule has 1 unspecified atom stereocenters. The van der Waals surface area contributed by atoms with Crippen molar-refractivity contribution in [2.75, 3.05) is 30.9 Å². The molecule has 0 aromatic carbocycles. The Labute approximate surface area is 122 Å². The topological polar surface area (TPSA) is 28.2 Å². The number of thioether (sulfide) groups is 1. The van der Waals surface area contributed by atoms with Crippen molar-refractivity contribution in [1.82, 2.24) is 9.88 Å². The first-order valence-corrected chi connectivity index (χ1v) is 8.45. The van der Waals surface area contributed by atoms with Gasteiger partial charge in [-0.1, -0.05) is 13.0 Å². The van der Waals surface area contributed by atoms with Gasteiger partial charge in [0.05, 0.1) is 5.69 Å². The quantitative estimate of drug-likeness (QED) is 0.750. The molecule has 1 atom stereocenters. The zero-order valence-electron chi connectivity index (χ0n) is 12.6. The second-order valence-corrected chi connectivity index (χ2v) is 5.97. The SMILES string of the molecule is CCCNc1cccc(CN(C)C(C)CCSC)n1. The van der Waals surface area contributed by atoms with Crippen molar-refractivity contribution in [3.63, 3.8) is 0 Å². The van der Waals surface area contributed by atoms with Crippen LogP contribution in [0.4, 0.5) is 5.82 Å². The summed E-state index contributed by atoms with van der Waals surface area (Å²) < 4.78 is 0. The Morgan fingerprint density at radius 1 is 1.42 bits per heavy atom. The summed E-state index contributed by atoms with van der Waals surface area (Å²) in [5.74, 6) is 2.21. The first-order valence-electron chi connectivity index (χ1n) is 7.06. The van der Waals surface area contributed by atoms with Gasteiger partial charge in [0, 0.05) is 19.1 Å². The van der Waals surface area contributed by atoms with Crippen molar-refractivity contribution in [1.29, 1.82) is 0 Å². The molecule has 19 heavy (non-hydrogen) atoms. The van der Waals surface area contributed by atoms with E-state index in [1.54, 1.807) is 0 Å². The van der Waals surface area contributed by atoms with Crippen LogP contribution < -0.4 is 5.32 Å². The average molecular weight is 281 g/mol. The van der Waals surface area contributed by atoms with E-state index in [9.17, 15) is 0 Å². The van der Waals surface area contributed by atoms with Crippen LogP contribution in [0.25, 0.3) is 0 Å². The van der Waals surface area contributed by atoms with Crippen LogP contribution in [0.3, 0.4) is 0 Å². The van der Waals surface area contributed by atoms with Gasteiger partial charge in [-0.2, -0.15) is 11.8 Å². The van der Waals surface area contributed by atoms with Gasteiger partial charge in [-0.25, -0.2) is 4.98 Å². The summed E-state index contributed by atoms with van der Waals surface area (Å²) in [5, 5.41) is 3.34. The molecule has 0 amide bonds. The number of hydrogen-bond donors (Lipinski definition) is 1. The lowest BCUT2D eigenvalue weighted by molar-refractivity contribution is 0.242. The van der Waals surface area contributed by atoms with Gasteiger partial charge in [-0.15, -0.1) is 0 Å². The van der Waals surface area contributed by atoms with Gasteiger partial charge in [0.25, 0.3) is 0 Å². The lowest BCUT2D eigenvalue weighted by Crippen LogP contribution is -2.29. The Hall–Kier alpha value is -0.740. The molecule has 0 fully saturated rings. The average Bonchev–Trinajstić information content (AvgIpc) is 2.42. The van der Waals surface area contributed by atoms with Gasteiger partial charge in [-0.05, 0) is 51.0 Å². The van der Waals surface area contributed by atoms with Crippen molar-refractivity contribution in [3.8, 4) is 0 Å². The molecule has 1 aromatic heterocycles. The van der Waals surface area contributed by atoms with Crippen LogP contribution in [-0.4, -0.2) is 41.5 Å². The summed E-state index contributed by atoms with van der Waals surface area (Å²) in [5.41, 5.74) is 1.14. The van der Waals surface area contributed by atoms with E-state index in [0.717, 1.165) is 31.0 Å². The van der Waals surface area contributed by atoms with Crippen LogP contribution in [0.15, 0.2) is 18.2 Å². The predicted octanol–water partition coefficient (Wildman–Crippen LogP) is 3.48. The number of aromatic nitrogens is 1. The fourth-order valence-corrected chi connectivity index (χ4v) is 2.42. The Kier molecular flexibility index (Phi) is 7.91. The molecular weight excluding hydrogens is 254 g/mol. The third-order valence-corrected chi connectivity index (χ3v) is 3.91. The molecule has 0 aliphatic rings. The second-order valence-electron chi connectivity index (χ2n) is 4.99. The summed E-state index contributed by atoms with van der Waals surface area (Å²) in [4.78, 5) is 7.03. The van der Waals surface area contributed by atoms with E-state index in [0.29, 0.717) is 6.04 Å². The van der Waals surface area contributed by atoms with Crippen LogP contribution >= 0.6 is 11.8 Å². The van der Waals surface area contributed by atoms with Gasteiger partial charge >= 0.3 is 0 Å². The van der Waals surface area contributed by atoms with E-state index in [-0.39, 0.29) is 0 Å². The summed E-state index contributed by atoms with van der Waals surface area (Å²) >= 11 is 1.91. The zero-order chi connectivity index (χ0) is 14.1. The number of hydrogen-bond acceptors (Lipinski definition) is 4. The third kappa shape index (κ3) is 6.30. The molecule has 4 heteroatoms. The van der Waals surface area contributed by atoms with Gasteiger partial charge in [0.2, 0.25) is 0 Å². The van der Waals surface area contributed by atoms with Crippen LogP contribution in [0.5, 0.6) is 0 Å². The summed E-state index contributed by atoms with van der Waals surface area (Å²) in [6, 6.07) is 6.83. The number of pyridine rings is 1. The van der Waals surface area contributed by atoms with E-state index in [1.165, 1.54) is 12.2 Å². The molecule has 1 heterocycles. The monoisotopic (exact) mass is 281 g/mol. The van der Waals surface area contributed by atoms with Gasteiger partial charge in [0.15, 0.2) is 0 Å². The van der Waals surface area contributed by atoms with E-state index in [2.05, 4.69) is 54.5 Å². The highest BCUT2D eigenvalue weighted by Gasteiger charge is 2.10. The zero-order valence-corrected chi connectivity index (χ0v) is 13.5.